The number of rotatable bonds is 2. The first-order chi connectivity index (χ1) is 7.08. The first-order valence-electron chi connectivity index (χ1n) is 5.15. The number of carbonyl (C=O) groups is 1. The molecule has 15 heavy (non-hydrogen) atoms. The third kappa shape index (κ3) is 1.84. The number of cyclic esters (lactones) is 1. The van der Waals surface area contributed by atoms with Crippen LogP contribution in [0.3, 0.4) is 0 Å². The van der Waals surface area contributed by atoms with Crippen LogP contribution in [-0.2, 0) is 11.3 Å². The quantitative estimate of drug-likeness (QED) is 0.800. The van der Waals surface area contributed by atoms with Gasteiger partial charge in [-0.25, -0.2) is 4.79 Å². The maximum Gasteiger partial charge on any atom is 0.407 e. The van der Waals surface area contributed by atoms with Gasteiger partial charge in [0, 0.05) is 11.9 Å². The monoisotopic (exact) mass is 208 g/mol. The molecule has 1 aliphatic heterocycles. The summed E-state index contributed by atoms with van der Waals surface area (Å²) < 4.78 is 7.25. The molecule has 1 aromatic heterocycles. The Bertz CT molecular complexity index is 396. The van der Waals surface area contributed by atoms with Crippen molar-refractivity contribution in [1.82, 2.24) is 9.88 Å². The Hall–Kier alpha value is -1.45. The average molecular weight is 208 g/mol. The molecule has 1 atom stereocenters. The van der Waals surface area contributed by atoms with Gasteiger partial charge in [0.1, 0.15) is 6.10 Å². The van der Waals surface area contributed by atoms with Crippen LogP contribution in [0.5, 0.6) is 0 Å². The van der Waals surface area contributed by atoms with Crippen LogP contribution in [0.15, 0.2) is 6.20 Å². The van der Waals surface area contributed by atoms with Gasteiger partial charge in [-0.15, -0.1) is 0 Å². The number of ether oxygens (including phenoxy) is 1. The van der Waals surface area contributed by atoms with Gasteiger partial charge in [-0.3, -0.25) is 0 Å². The summed E-state index contributed by atoms with van der Waals surface area (Å²) in [7, 11) is 0. The summed E-state index contributed by atoms with van der Waals surface area (Å²) in [6.45, 7) is 7.64. The zero-order valence-corrected chi connectivity index (χ0v) is 9.33. The highest BCUT2D eigenvalue weighted by Crippen LogP contribution is 2.16. The van der Waals surface area contributed by atoms with Crippen molar-refractivity contribution in [2.45, 2.75) is 33.4 Å². The molecule has 4 heteroatoms. The molecule has 0 bridgehead atoms. The minimum atomic E-state index is -0.307. The molecule has 1 saturated heterocycles. The van der Waals surface area contributed by atoms with E-state index in [4.69, 9.17) is 4.74 Å². The standard InChI is InChI=1S/C11H16N2O2/c1-7-5-13(9(3)8(7)2)6-10-4-12-11(14)15-10/h5,10H,4,6H2,1-3H3,(H,12,14). The van der Waals surface area contributed by atoms with E-state index in [1.807, 2.05) is 0 Å². The molecule has 1 amide bonds. The van der Waals surface area contributed by atoms with Crippen molar-refractivity contribution in [1.29, 1.82) is 0 Å². The Morgan fingerprint density at radius 2 is 2.27 bits per heavy atom. The third-order valence-corrected chi connectivity index (χ3v) is 3.06. The lowest BCUT2D eigenvalue weighted by Crippen LogP contribution is -2.20. The molecule has 2 rings (SSSR count). The fourth-order valence-corrected chi connectivity index (χ4v) is 1.87. The fraction of sp³-hybridized carbons (Fsp3) is 0.545. The molecule has 1 aromatic rings. The zero-order chi connectivity index (χ0) is 11.0. The highest BCUT2D eigenvalue weighted by atomic mass is 16.6. The van der Waals surface area contributed by atoms with E-state index in [1.54, 1.807) is 0 Å². The predicted octanol–water partition coefficient (Wildman–Crippen LogP) is 1.52. The number of nitrogens with zero attached hydrogens (tertiary/aromatic N) is 1. The highest BCUT2D eigenvalue weighted by Gasteiger charge is 2.23. The number of aromatic nitrogens is 1. The summed E-state index contributed by atoms with van der Waals surface area (Å²) in [6.07, 6.45) is 1.76. The van der Waals surface area contributed by atoms with Crippen molar-refractivity contribution >= 4 is 6.09 Å². The smallest absolute Gasteiger partial charge is 0.407 e. The second-order valence-electron chi connectivity index (χ2n) is 4.08. The lowest BCUT2D eigenvalue weighted by atomic mass is 10.2. The molecule has 0 aromatic carbocycles. The van der Waals surface area contributed by atoms with Crippen LogP contribution in [0.25, 0.3) is 0 Å². The minimum Gasteiger partial charge on any atom is -0.442 e. The van der Waals surface area contributed by atoms with Crippen molar-refractivity contribution in [2.24, 2.45) is 0 Å². The Labute approximate surface area is 89.2 Å². The Balaban J connectivity index is 2.11. The zero-order valence-electron chi connectivity index (χ0n) is 9.33. The molecule has 0 spiro atoms. The molecular weight excluding hydrogens is 192 g/mol. The lowest BCUT2D eigenvalue weighted by molar-refractivity contribution is 0.130. The molecule has 0 aliphatic carbocycles. The Kier molecular flexibility index (Phi) is 2.42. The van der Waals surface area contributed by atoms with Crippen LogP contribution >= 0.6 is 0 Å². The second kappa shape index (κ2) is 3.61. The summed E-state index contributed by atoms with van der Waals surface area (Å²) >= 11 is 0. The third-order valence-electron chi connectivity index (χ3n) is 3.06. The van der Waals surface area contributed by atoms with Crippen molar-refractivity contribution in [2.75, 3.05) is 6.54 Å². The van der Waals surface area contributed by atoms with Crippen molar-refractivity contribution in [3.05, 3.63) is 23.0 Å². The van der Waals surface area contributed by atoms with Gasteiger partial charge in [0.2, 0.25) is 0 Å². The maximum absolute atomic E-state index is 10.9. The number of hydrogen-bond donors (Lipinski definition) is 1. The van der Waals surface area contributed by atoms with E-state index in [1.165, 1.54) is 16.8 Å². The van der Waals surface area contributed by atoms with Gasteiger partial charge < -0.3 is 14.6 Å². The summed E-state index contributed by atoms with van der Waals surface area (Å²) in [5.41, 5.74) is 3.84. The normalized spacial score (nSPS) is 20.2. The molecule has 82 valence electrons. The SMILES string of the molecule is Cc1cn(CC2CNC(=O)O2)c(C)c1C. The first kappa shape index (κ1) is 10.1. The minimum absolute atomic E-state index is 0.0394. The van der Waals surface area contributed by atoms with E-state index in [0.717, 1.165) is 6.54 Å². The summed E-state index contributed by atoms with van der Waals surface area (Å²) in [5.74, 6) is 0. The number of amides is 1. The van der Waals surface area contributed by atoms with Crippen LogP contribution in [0.1, 0.15) is 16.8 Å². The number of aryl methyl sites for hydroxylation is 1. The molecule has 1 N–H and O–H groups in total. The molecule has 1 aliphatic rings. The fourth-order valence-electron chi connectivity index (χ4n) is 1.87. The van der Waals surface area contributed by atoms with Gasteiger partial charge in [-0.2, -0.15) is 0 Å². The number of alkyl carbamates (subject to hydrolysis) is 1. The molecule has 0 radical (unpaired) electrons. The van der Waals surface area contributed by atoms with Gasteiger partial charge in [0.15, 0.2) is 0 Å². The molecule has 1 unspecified atom stereocenters. The van der Waals surface area contributed by atoms with E-state index in [0.29, 0.717) is 6.54 Å². The summed E-state index contributed by atoms with van der Waals surface area (Å²) in [4.78, 5) is 10.9. The first-order valence-corrected chi connectivity index (χ1v) is 5.15. The van der Waals surface area contributed by atoms with Crippen LogP contribution in [-0.4, -0.2) is 23.3 Å². The van der Waals surface area contributed by atoms with Gasteiger partial charge in [0.05, 0.1) is 13.1 Å². The van der Waals surface area contributed by atoms with Crippen LogP contribution in [0.4, 0.5) is 4.79 Å². The lowest BCUT2D eigenvalue weighted by Gasteiger charge is -2.10. The van der Waals surface area contributed by atoms with Gasteiger partial charge in [-0.05, 0) is 31.9 Å². The van der Waals surface area contributed by atoms with E-state index in [9.17, 15) is 4.79 Å². The number of nitrogens with one attached hydrogen (secondary N) is 1. The van der Waals surface area contributed by atoms with Crippen LogP contribution in [0.2, 0.25) is 0 Å². The Morgan fingerprint density at radius 1 is 1.53 bits per heavy atom. The maximum atomic E-state index is 10.9. The molecule has 2 heterocycles. The predicted molar refractivity (Wildman–Crippen MR) is 56.9 cm³/mol. The molecule has 0 saturated carbocycles. The average Bonchev–Trinajstić information content (AvgIpc) is 2.68. The van der Waals surface area contributed by atoms with Crippen LogP contribution < -0.4 is 5.32 Å². The topological polar surface area (TPSA) is 43.3 Å². The Morgan fingerprint density at radius 3 is 2.73 bits per heavy atom. The van der Waals surface area contributed by atoms with Crippen molar-refractivity contribution in [3.8, 4) is 0 Å². The number of carbonyl (C=O) groups excluding carboxylic acids is 1. The van der Waals surface area contributed by atoms with Crippen molar-refractivity contribution < 1.29 is 9.53 Å². The molecular formula is C11H16N2O2. The van der Waals surface area contributed by atoms with Gasteiger partial charge >= 0.3 is 6.09 Å². The summed E-state index contributed by atoms with van der Waals surface area (Å²) in [5, 5.41) is 2.66. The van der Waals surface area contributed by atoms with Gasteiger partial charge in [0.25, 0.3) is 0 Å². The van der Waals surface area contributed by atoms with Gasteiger partial charge in [-0.1, -0.05) is 0 Å². The van der Waals surface area contributed by atoms with E-state index < -0.39 is 0 Å². The van der Waals surface area contributed by atoms with Crippen molar-refractivity contribution in [3.63, 3.8) is 0 Å². The molecule has 4 nitrogen and oxygen atoms in total. The van der Waals surface area contributed by atoms with E-state index in [2.05, 4.69) is 36.9 Å². The van der Waals surface area contributed by atoms with Crippen LogP contribution in [0, 0.1) is 20.8 Å². The van der Waals surface area contributed by atoms with E-state index >= 15 is 0 Å². The molecule has 1 fully saturated rings. The number of hydrogen-bond acceptors (Lipinski definition) is 2. The second-order valence-corrected chi connectivity index (χ2v) is 4.08. The highest BCUT2D eigenvalue weighted by molar-refractivity contribution is 5.69. The summed E-state index contributed by atoms with van der Waals surface area (Å²) in [6, 6.07) is 0. The largest absolute Gasteiger partial charge is 0.442 e. The van der Waals surface area contributed by atoms with E-state index in [-0.39, 0.29) is 12.2 Å².